The minimum absolute atomic E-state index is 0.0150. The van der Waals surface area contributed by atoms with Crippen LogP contribution in [0.1, 0.15) is 0 Å². The Balaban J connectivity index is 2.53. The zero-order chi connectivity index (χ0) is 7.68. The standard InChI is InChI=1S/C4H2N4O3/c9-8-4(6-2-11-8)3-5-1-10-7-3/h1-2H. The van der Waals surface area contributed by atoms with E-state index in [0.717, 1.165) is 12.8 Å². The summed E-state index contributed by atoms with van der Waals surface area (Å²) in [6, 6.07) is 0. The van der Waals surface area contributed by atoms with Gasteiger partial charge in [-0.05, 0) is 15.0 Å². The second-order valence-corrected chi connectivity index (χ2v) is 1.68. The van der Waals surface area contributed by atoms with Crippen LogP contribution in [0, 0.1) is 5.21 Å². The third-order valence-electron chi connectivity index (χ3n) is 1.05. The summed E-state index contributed by atoms with van der Waals surface area (Å²) in [4.78, 5) is 7.35. The van der Waals surface area contributed by atoms with Crippen molar-refractivity contribution in [3.05, 3.63) is 18.0 Å². The van der Waals surface area contributed by atoms with Gasteiger partial charge in [0.2, 0.25) is 12.8 Å². The van der Waals surface area contributed by atoms with E-state index in [9.17, 15) is 5.21 Å². The van der Waals surface area contributed by atoms with Crippen LogP contribution in [0.4, 0.5) is 0 Å². The lowest BCUT2D eigenvalue weighted by molar-refractivity contribution is -0.784. The van der Waals surface area contributed by atoms with Crippen molar-refractivity contribution in [1.82, 2.24) is 15.1 Å². The van der Waals surface area contributed by atoms with Crippen molar-refractivity contribution < 1.29 is 13.9 Å². The molecule has 0 aromatic carbocycles. The molecule has 56 valence electrons. The van der Waals surface area contributed by atoms with Gasteiger partial charge in [-0.2, -0.15) is 4.98 Å². The Morgan fingerprint density at radius 1 is 1.36 bits per heavy atom. The molecule has 0 fully saturated rings. The van der Waals surface area contributed by atoms with Crippen LogP contribution >= 0.6 is 0 Å². The Labute approximate surface area is 59.8 Å². The van der Waals surface area contributed by atoms with Gasteiger partial charge in [-0.1, -0.05) is 0 Å². The summed E-state index contributed by atoms with van der Waals surface area (Å²) < 4.78 is 8.71. The van der Waals surface area contributed by atoms with Gasteiger partial charge in [0.15, 0.2) is 0 Å². The number of hydrogen-bond acceptors (Lipinski definition) is 6. The molecule has 0 saturated carbocycles. The second kappa shape index (κ2) is 2.04. The van der Waals surface area contributed by atoms with Crippen LogP contribution in [0.2, 0.25) is 0 Å². The number of aromatic nitrogens is 4. The minimum Gasteiger partial charge on any atom is -0.401 e. The highest BCUT2D eigenvalue weighted by molar-refractivity contribution is 5.34. The topological polar surface area (TPSA) is 91.9 Å². The van der Waals surface area contributed by atoms with Crippen LogP contribution in [0.15, 0.2) is 21.8 Å². The van der Waals surface area contributed by atoms with Gasteiger partial charge in [0, 0.05) is 0 Å². The van der Waals surface area contributed by atoms with E-state index in [1.807, 2.05) is 0 Å². The largest absolute Gasteiger partial charge is 0.412 e. The molecule has 0 atom stereocenters. The number of rotatable bonds is 1. The quantitative estimate of drug-likeness (QED) is 0.507. The summed E-state index contributed by atoms with van der Waals surface area (Å²) in [5, 5.41) is 14.1. The fourth-order valence-electron chi connectivity index (χ4n) is 0.622. The molecule has 2 heterocycles. The van der Waals surface area contributed by atoms with E-state index >= 15 is 0 Å². The molecular weight excluding hydrogens is 152 g/mol. The Morgan fingerprint density at radius 2 is 2.27 bits per heavy atom. The molecule has 7 nitrogen and oxygen atoms in total. The summed E-state index contributed by atoms with van der Waals surface area (Å²) in [5.41, 5.74) is 0. The lowest BCUT2D eigenvalue weighted by atomic mass is 10.6. The smallest absolute Gasteiger partial charge is 0.401 e. The first-order valence-corrected chi connectivity index (χ1v) is 2.68. The Bertz CT molecular complexity index is 340. The minimum atomic E-state index is -0.0150. The first-order valence-electron chi connectivity index (χ1n) is 2.68. The normalized spacial score (nSPS) is 10.2. The molecule has 2 rings (SSSR count). The van der Waals surface area contributed by atoms with Crippen molar-refractivity contribution in [2.75, 3.05) is 0 Å². The van der Waals surface area contributed by atoms with Crippen LogP contribution in [-0.2, 0) is 0 Å². The van der Waals surface area contributed by atoms with Gasteiger partial charge in [0.1, 0.15) is 0 Å². The number of hydrogen-bond donors (Lipinski definition) is 0. The molecular formula is C4H2N4O3. The van der Waals surface area contributed by atoms with E-state index in [2.05, 4.69) is 24.2 Å². The first kappa shape index (κ1) is 5.83. The van der Waals surface area contributed by atoms with Gasteiger partial charge in [-0.25, -0.2) is 0 Å². The molecule has 0 N–H and O–H groups in total. The zero-order valence-electron chi connectivity index (χ0n) is 5.17. The van der Waals surface area contributed by atoms with Gasteiger partial charge in [0.25, 0.3) is 5.82 Å². The fraction of sp³-hybridized carbons (Fsp3) is 0. The molecule has 0 unspecified atom stereocenters. The van der Waals surface area contributed by atoms with E-state index in [-0.39, 0.29) is 16.6 Å². The van der Waals surface area contributed by atoms with Gasteiger partial charge < -0.3 is 14.3 Å². The predicted octanol–water partition coefficient (Wildman–Crippen LogP) is -0.642. The second-order valence-electron chi connectivity index (χ2n) is 1.68. The van der Waals surface area contributed by atoms with Crippen molar-refractivity contribution in [2.45, 2.75) is 0 Å². The van der Waals surface area contributed by atoms with Crippen LogP contribution < -0.4 is 4.90 Å². The summed E-state index contributed by atoms with van der Waals surface area (Å²) in [5.74, 6) is 0.0903. The summed E-state index contributed by atoms with van der Waals surface area (Å²) >= 11 is 0. The maximum atomic E-state index is 10.7. The molecule has 2 aromatic rings. The van der Waals surface area contributed by atoms with Crippen LogP contribution in [0.3, 0.4) is 0 Å². The fourth-order valence-corrected chi connectivity index (χ4v) is 0.622. The molecule has 7 heteroatoms. The molecule has 0 saturated heterocycles. The highest BCUT2D eigenvalue weighted by Gasteiger charge is 2.17. The molecule has 0 bridgehead atoms. The zero-order valence-corrected chi connectivity index (χ0v) is 5.17. The van der Waals surface area contributed by atoms with E-state index in [1.165, 1.54) is 0 Å². The van der Waals surface area contributed by atoms with E-state index in [1.54, 1.807) is 0 Å². The van der Waals surface area contributed by atoms with Crippen LogP contribution in [-0.4, -0.2) is 15.1 Å². The summed E-state index contributed by atoms with van der Waals surface area (Å²) in [6.45, 7) is 0. The summed E-state index contributed by atoms with van der Waals surface area (Å²) in [6.07, 6.45) is 2.10. The van der Waals surface area contributed by atoms with Crippen LogP contribution in [0.25, 0.3) is 11.6 Å². The molecule has 2 aromatic heterocycles. The van der Waals surface area contributed by atoms with Crippen molar-refractivity contribution >= 4 is 0 Å². The first-order chi connectivity index (χ1) is 5.38. The predicted molar refractivity (Wildman–Crippen MR) is 28.8 cm³/mol. The molecule has 0 aliphatic rings. The van der Waals surface area contributed by atoms with Gasteiger partial charge in [-0.15, -0.1) is 0 Å². The molecule has 0 radical (unpaired) electrons. The maximum absolute atomic E-state index is 10.7. The molecule has 0 amide bonds. The highest BCUT2D eigenvalue weighted by Crippen LogP contribution is 2.03. The summed E-state index contributed by atoms with van der Waals surface area (Å²) in [7, 11) is 0. The van der Waals surface area contributed by atoms with Crippen molar-refractivity contribution in [1.29, 1.82) is 0 Å². The Hall–Kier alpha value is -1.92. The molecule has 0 aliphatic carbocycles. The van der Waals surface area contributed by atoms with Crippen LogP contribution in [0.5, 0.6) is 0 Å². The lowest BCUT2D eigenvalue weighted by Gasteiger charge is -1.83. The Morgan fingerprint density at radius 3 is 2.82 bits per heavy atom. The Kier molecular flexibility index (Phi) is 1.08. The average molecular weight is 154 g/mol. The van der Waals surface area contributed by atoms with E-state index < -0.39 is 0 Å². The van der Waals surface area contributed by atoms with Crippen molar-refractivity contribution in [3.63, 3.8) is 0 Å². The third kappa shape index (κ3) is 0.820. The monoisotopic (exact) mass is 154 g/mol. The van der Waals surface area contributed by atoms with Crippen molar-refractivity contribution in [3.8, 4) is 11.6 Å². The average Bonchev–Trinajstić information content (AvgIpc) is 2.55. The lowest BCUT2D eigenvalue weighted by Crippen LogP contribution is -2.25. The van der Waals surface area contributed by atoms with E-state index in [0.29, 0.717) is 0 Å². The molecule has 11 heavy (non-hydrogen) atoms. The maximum Gasteiger partial charge on any atom is 0.412 e. The van der Waals surface area contributed by atoms with Gasteiger partial charge in [0.05, 0.1) is 0 Å². The molecule has 0 aliphatic heterocycles. The van der Waals surface area contributed by atoms with E-state index in [4.69, 9.17) is 0 Å². The number of nitrogens with zero attached hydrogens (tertiary/aromatic N) is 4. The van der Waals surface area contributed by atoms with Gasteiger partial charge >= 0.3 is 5.82 Å². The molecule has 0 spiro atoms. The van der Waals surface area contributed by atoms with Crippen molar-refractivity contribution in [2.24, 2.45) is 0 Å². The highest BCUT2D eigenvalue weighted by atomic mass is 16.7. The third-order valence-corrected chi connectivity index (χ3v) is 1.05. The van der Waals surface area contributed by atoms with Gasteiger partial charge in [-0.3, -0.25) is 0 Å². The SMILES string of the molecule is [O-][n+]1ocnc1-c1ncon1.